The molecule has 6 heteroatoms. The standard InChI is InChI=1S/C16H17N3O2S/c1-2-20-11-12-22-16-18-17-15(14-9-6-10-21-14)19(16)13-7-4-3-5-8-13/h3-10H,2,11-12H2,1H3. The Labute approximate surface area is 133 Å². The van der Waals surface area contributed by atoms with Crippen LogP contribution in [0, 0.1) is 0 Å². The summed E-state index contributed by atoms with van der Waals surface area (Å²) < 4.78 is 12.9. The van der Waals surface area contributed by atoms with E-state index < -0.39 is 0 Å². The van der Waals surface area contributed by atoms with Gasteiger partial charge in [0.25, 0.3) is 0 Å². The van der Waals surface area contributed by atoms with Crippen molar-refractivity contribution in [3.05, 3.63) is 48.7 Å². The van der Waals surface area contributed by atoms with E-state index in [1.807, 2.05) is 54.0 Å². The summed E-state index contributed by atoms with van der Waals surface area (Å²) in [5.41, 5.74) is 1.01. The Hall–Kier alpha value is -2.05. The van der Waals surface area contributed by atoms with Crippen LogP contribution in [0.5, 0.6) is 0 Å². The molecule has 0 N–H and O–H groups in total. The second-order valence-electron chi connectivity index (χ2n) is 4.50. The van der Waals surface area contributed by atoms with E-state index >= 15 is 0 Å². The first kappa shape index (κ1) is 14.9. The third kappa shape index (κ3) is 3.23. The highest BCUT2D eigenvalue weighted by Gasteiger charge is 2.17. The van der Waals surface area contributed by atoms with Crippen LogP contribution in [0.2, 0.25) is 0 Å². The number of para-hydroxylation sites is 1. The highest BCUT2D eigenvalue weighted by molar-refractivity contribution is 7.99. The summed E-state index contributed by atoms with van der Waals surface area (Å²) in [4.78, 5) is 0. The Morgan fingerprint density at radius 3 is 2.73 bits per heavy atom. The lowest BCUT2D eigenvalue weighted by Crippen LogP contribution is -2.01. The maximum atomic E-state index is 5.48. The van der Waals surface area contributed by atoms with Crippen molar-refractivity contribution in [2.45, 2.75) is 12.1 Å². The van der Waals surface area contributed by atoms with E-state index in [2.05, 4.69) is 10.2 Å². The zero-order chi connectivity index (χ0) is 15.2. The van der Waals surface area contributed by atoms with Crippen molar-refractivity contribution in [3.8, 4) is 17.3 Å². The molecular weight excluding hydrogens is 298 g/mol. The number of rotatable bonds is 7. The monoisotopic (exact) mass is 315 g/mol. The molecule has 0 amide bonds. The van der Waals surface area contributed by atoms with Crippen molar-refractivity contribution in [3.63, 3.8) is 0 Å². The van der Waals surface area contributed by atoms with Gasteiger partial charge in [0.15, 0.2) is 10.9 Å². The van der Waals surface area contributed by atoms with Crippen LogP contribution in [0.3, 0.4) is 0 Å². The summed E-state index contributed by atoms with van der Waals surface area (Å²) in [5, 5.41) is 9.43. The maximum absolute atomic E-state index is 5.48. The van der Waals surface area contributed by atoms with Crippen molar-refractivity contribution >= 4 is 11.8 Å². The van der Waals surface area contributed by atoms with E-state index in [0.717, 1.165) is 23.2 Å². The fraction of sp³-hybridized carbons (Fsp3) is 0.250. The molecule has 2 aromatic heterocycles. The van der Waals surface area contributed by atoms with E-state index in [0.29, 0.717) is 18.2 Å². The predicted molar refractivity (Wildman–Crippen MR) is 86.3 cm³/mol. The molecule has 3 aromatic rings. The van der Waals surface area contributed by atoms with Crippen LogP contribution in [0.15, 0.2) is 58.3 Å². The van der Waals surface area contributed by atoms with Crippen LogP contribution in [-0.4, -0.2) is 33.7 Å². The molecule has 0 bridgehead atoms. The molecule has 3 rings (SSSR count). The van der Waals surface area contributed by atoms with Gasteiger partial charge in [-0.3, -0.25) is 4.57 Å². The van der Waals surface area contributed by atoms with Crippen LogP contribution < -0.4 is 0 Å². The summed E-state index contributed by atoms with van der Waals surface area (Å²) in [6.07, 6.45) is 1.64. The summed E-state index contributed by atoms with van der Waals surface area (Å²) in [5.74, 6) is 2.24. The van der Waals surface area contributed by atoms with Gasteiger partial charge in [-0.2, -0.15) is 0 Å². The van der Waals surface area contributed by atoms with E-state index in [4.69, 9.17) is 9.15 Å². The summed E-state index contributed by atoms with van der Waals surface area (Å²) in [7, 11) is 0. The van der Waals surface area contributed by atoms with Gasteiger partial charge in [-0.15, -0.1) is 10.2 Å². The molecule has 5 nitrogen and oxygen atoms in total. The minimum absolute atomic E-state index is 0.693. The molecule has 114 valence electrons. The number of hydrogen-bond acceptors (Lipinski definition) is 5. The Bertz CT molecular complexity index is 696. The number of ether oxygens (including phenoxy) is 1. The molecule has 0 atom stereocenters. The zero-order valence-corrected chi connectivity index (χ0v) is 13.1. The first-order valence-corrected chi connectivity index (χ1v) is 8.14. The number of hydrogen-bond donors (Lipinski definition) is 0. The van der Waals surface area contributed by atoms with Crippen molar-refractivity contribution in [1.29, 1.82) is 0 Å². The van der Waals surface area contributed by atoms with Gasteiger partial charge in [-0.05, 0) is 31.2 Å². The lowest BCUT2D eigenvalue weighted by Gasteiger charge is -2.08. The molecule has 0 aliphatic heterocycles. The molecule has 22 heavy (non-hydrogen) atoms. The highest BCUT2D eigenvalue weighted by atomic mass is 32.2. The lowest BCUT2D eigenvalue weighted by atomic mass is 10.3. The first-order chi connectivity index (χ1) is 10.9. The molecule has 0 aliphatic carbocycles. The molecule has 0 spiro atoms. The van der Waals surface area contributed by atoms with Gasteiger partial charge >= 0.3 is 0 Å². The molecular formula is C16H17N3O2S. The van der Waals surface area contributed by atoms with Crippen LogP contribution in [0.25, 0.3) is 17.3 Å². The molecule has 2 heterocycles. The first-order valence-electron chi connectivity index (χ1n) is 7.15. The Morgan fingerprint density at radius 1 is 1.14 bits per heavy atom. The quantitative estimate of drug-likeness (QED) is 0.492. The summed E-state index contributed by atoms with van der Waals surface area (Å²) in [6.45, 7) is 3.41. The van der Waals surface area contributed by atoms with Crippen molar-refractivity contribution < 1.29 is 9.15 Å². The molecule has 0 saturated carbocycles. The van der Waals surface area contributed by atoms with E-state index in [1.54, 1.807) is 18.0 Å². The predicted octanol–water partition coefficient (Wildman–Crippen LogP) is 3.66. The summed E-state index contributed by atoms with van der Waals surface area (Å²) >= 11 is 1.62. The Morgan fingerprint density at radius 2 is 2.00 bits per heavy atom. The van der Waals surface area contributed by atoms with Gasteiger partial charge in [0.1, 0.15) is 0 Å². The number of aromatic nitrogens is 3. The average Bonchev–Trinajstić information content (AvgIpc) is 3.21. The topological polar surface area (TPSA) is 53.1 Å². The summed E-state index contributed by atoms with van der Waals surface area (Å²) in [6, 6.07) is 13.8. The number of furan rings is 1. The largest absolute Gasteiger partial charge is 0.461 e. The molecule has 0 radical (unpaired) electrons. The SMILES string of the molecule is CCOCCSc1nnc(-c2ccco2)n1-c1ccccc1. The van der Waals surface area contributed by atoms with Crippen molar-refractivity contribution in [2.24, 2.45) is 0 Å². The second kappa shape index (κ2) is 7.29. The van der Waals surface area contributed by atoms with E-state index in [-0.39, 0.29) is 0 Å². The number of thioether (sulfide) groups is 1. The third-order valence-electron chi connectivity index (χ3n) is 3.05. The number of benzene rings is 1. The van der Waals surface area contributed by atoms with Crippen molar-refractivity contribution in [1.82, 2.24) is 14.8 Å². The van der Waals surface area contributed by atoms with E-state index in [1.165, 1.54) is 0 Å². The van der Waals surface area contributed by atoms with Crippen LogP contribution in [-0.2, 0) is 4.74 Å². The van der Waals surface area contributed by atoms with Crippen LogP contribution in [0.4, 0.5) is 0 Å². The van der Waals surface area contributed by atoms with Gasteiger partial charge in [0.2, 0.25) is 5.82 Å². The fourth-order valence-electron chi connectivity index (χ4n) is 2.07. The Kier molecular flexibility index (Phi) is 4.92. The molecule has 0 unspecified atom stereocenters. The van der Waals surface area contributed by atoms with E-state index in [9.17, 15) is 0 Å². The molecule has 0 fully saturated rings. The molecule has 0 saturated heterocycles. The average molecular weight is 315 g/mol. The minimum atomic E-state index is 0.693. The zero-order valence-electron chi connectivity index (χ0n) is 12.3. The minimum Gasteiger partial charge on any atom is -0.461 e. The molecule has 0 aliphatic rings. The van der Waals surface area contributed by atoms with Gasteiger partial charge in [-0.25, -0.2) is 0 Å². The maximum Gasteiger partial charge on any atom is 0.205 e. The van der Waals surface area contributed by atoms with Crippen LogP contribution in [0.1, 0.15) is 6.92 Å². The van der Waals surface area contributed by atoms with Gasteiger partial charge < -0.3 is 9.15 Å². The van der Waals surface area contributed by atoms with Gasteiger partial charge in [0, 0.05) is 18.0 Å². The molecule has 1 aromatic carbocycles. The second-order valence-corrected chi connectivity index (χ2v) is 5.56. The highest BCUT2D eigenvalue weighted by Crippen LogP contribution is 2.27. The lowest BCUT2D eigenvalue weighted by molar-refractivity contribution is 0.164. The smallest absolute Gasteiger partial charge is 0.205 e. The number of nitrogens with zero attached hydrogens (tertiary/aromatic N) is 3. The van der Waals surface area contributed by atoms with Gasteiger partial charge in [-0.1, -0.05) is 30.0 Å². The normalized spacial score (nSPS) is 11.0. The van der Waals surface area contributed by atoms with Gasteiger partial charge in [0.05, 0.1) is 12.9 Å². The fourth-order valence-corrected chi connectivity index (χ4v) is 2.88. The Balaban J connectivity index is 1.93. The van der Waals surface area contributed by atoms with Crippen LogP contribution >= 0.6 is 11.8 Å². The third-order valence-corrected chi connectivity index (χ3v) is 3.95. The van der Waals surface area contributed by atoms with Crippen molar-refractivity contribution in [2.75, 3.05) is 19.0 Å².